The molecule has 1 aromatic carbocycles. The molecule has 0 amide bonds. The van der Waals surface area contributed by atoms with Gasteiger partial charge in [-0.15, -0.1) is 0 Å². The van der Waals surface area contributed by atoms with Crippen LogP contribution < -0.4 is 15.4 Å². The molecule has 2 atom stereocenters. The number of rotatable bonds is 6. The highest BCUT2D eigenvalue weighted by atomic mass is 16.5. The third-order valence-corrected chi connectivity index (χ3v) is 4.64. The second kappa shape index (κ2) is 8.92. The molecule has 5 heteroatoms. The zero-order valence-electron chi connectivity index (χ0n) is 15.7. The molecule has 2 N–H and O–H groups in total. The summed E-state index contributed by atoms with van der Waals surface area (Å²) in [5.41, 5.74) is 1.14. The Balaban J connectivity index is 1.92. The summed E-state index contributed by atoms with van der Waals surface area (Å²) in [6, 6.07) is 9.16. The molecule has 2 rings (SSSR count). The number of para-hydroxylation sites is 1. The third-order valence-electron chi connectivity index (χ3n) is 4.64. The van der Waals surface area contributed by atoms with E-state index in [0.29, 0.717) is 31.2 Å². The summed E-state index contributed by atoms with van der Waals surface area (Å²) in [6.07, 6.45) is 0. The van der Waals surface area contributed by atoms with E-state index in [1.807, 2.05) is 32.2 Å². The fraction of sp³-hybridized carbons (Fsp3) is 0.632. The van der Waals surface area contributed by atoms with Crippen LogP contribution in [0.5, 0.6) is 5.75 Å². The van der Waals surface area contributed by atoms with Crippen molar-refractivity contribution in [2.24, 2.45) is 10.9 Å². The molecule has 134 valence electrons. The first kappa shape index (κ1) is 18.6. The zero-order valence-corrected chi connectivity index (χ0v) is 15.7. The first-order valence-corrected chi connectivity index (χ1v) is 8.97. The first-order chi connectivity index (χ1) is 11.5. The maximum atomic E-state index is 5.69. The van der Waals surface area contributed by atoms with Gasteiger partial charge in [-0.25, -0.2) is 0 Å². The van der Waals surface area contributed by atoms with Crippen LogP contribution in [0, 0.1) is 5.92 Å². The molecular weight excluding hydrogens is 300 g/mol. The molecule has 1 fully saturated rings. The van der Waals surface area contributed by atoms with Crippen molar-refractivity contribution < 1.29 is 4.74 Å². The standard InChI is InChI=1S/C19H32N4O/c1-6-24-18-10-8-7-9-16(18)11-21-19(20-5)22-17-13-23(14(2)3)12-15(17)4/h7-10,14-15,17H,6,11-13H2,1-5H3,(H2,20,21,22). The maximum Gasteiger partial charge on any atom is 0.191 e. The number of guanidine groups is 1. The summed E-state index contributed by atoms with van der Waals surface area (Å²) in [7, 11) is 1.82. The maximum absolute atomic E-state index is 5.69. The van der Waals surface area contributed by atoms with Crippen molar-refractivity contribution in [1.82, 2.24) is 15.5 Å². The summed E-state index contributed by atoms with van der Waals surface area (Å²) in [6.45, 7) is 12.4. The first-order valence-electron chi connectivity index (χ1n) is 8.97. The lowest BCUT2D eigenvalue weighted by Crippen LogP contribution is -2.46. The SMILES string of the molecule is CCOc1ccccc1CNC(=NC)NC1CN(C(C)C)CC1C. The molecule has 1 heterocycles. The van der Waals surface area contributed by atoms with E-state index in [1.54, 1.807) is 0 Å². The fourth-order valence-corrected chi connectivity index (χ4v) is 3.11. The highest BCUT2D eigenvalue weighted by Crippen LogP contribution is 2.19. The lowest BCUT2D eigenvalue weighted by Gasteiger charge is -2.22. The summed E-state index contributed by atoms with van der Waals surface area (Å²) in [5.74, 6) is 2.40. The van der Waals surface area contributed by atoms with Crippen LogP contribution in [0.15, 0.2) is 29.3 Å². The molecule has 1 aliphatic rings. The molecule has 1 aromatic rings. The smallest absolute Gasteiger partial charge is 0.191 e. The van der Waals surface area contributed by atoms with Gasteiger partial charge in [-0.05, 0) is 32.8 Å². The number of likely N-dealkylation sites (tertiary alicyclic amines) is 1. The van der Waals surface area contributed by atoms with Crippen molar-refractivity contribution in [2.75, 3.05) is 26.7 Å². The van der Waals surface area contributed by atoms with Gasteiger partial charge in [0.25, 0.3) is 0 Å². The van der Waals surface area contributed by atoms with Gasteiger partial charge in [0.2, 0.25) is 0 Å². The Morgan fingerprint density at radius 2 is 2.08 bits per heavy atom. The Labute approximate surface area is 146 Å². The van der Waals surface area contributed by atoms with Crippen molar-refractivity contribution in [3.63, 3.8) is 0 Å². The van der Waals surface area contributed by atoms with Crippen LogP contribution >= 0.6 is 0 Å². The van der Waals surface area contributed by atoms with Gasteiger partial charge in [0.05, 0.1) is 6.61 Å². The Hall–Kier alpha value is -1.75. The molecule has 5 nitrogen and oxygen atoms in total. The number of nitrogens with zero attached hydrogens (tertiary/aromatic N) is 2. The van der Waals surface area contributed by atoms with Gasteiger partial charge in [0.15, 0.2) is 5.96 Å². The molecule has 0 radical (unpaired) electrons. The van der Waals surface area contributed by atoms with Gasteiger partial charge in [-0.2, -0.15) is 0 Å². The Morgan fingerprint density at radius 1 is 1.33 bits per heavy atom. The lowest BCUT2D eigenvalue weighted by molar-refractivity contribution is 0.265. The van der Waals surface area contributed by atoms with Crippen LogP contribution in [-0.4, -0.2) is 49.7 Å². The van der Waals surface area contributed by atoms with Gasteiger partial charge in [-0.3, -0.25) is 9.89 Å². The van der Waals surface area contributed by atoms with Crippen molar-refractivity contribution in [3.8, 4) is 5.75 Å². The van der Waals surface area contributed by atoms with Crippen LogP contribution in [0.25, 0.3) is 0 Å². The van der Waals surface area contributed by atoms with Gasteiger partial charge in [0.1, 0.15) is 5.75 Å². The van der Waals surface area contributed by atoms with Gasteiger partial charge < -0.3 is 15.4 Å². The van der Waals surface area contributed by atoms with E-state index in [4.69, 9.17) is 4.74 Å². The van der Waals surface area contributed by atoms with E-state index in [-0.39, 0.29) is 0 Å². The highest BCUT2D eigenvalue weighted by Gasteiger charge is 2.31. The Morgan fingerprint density at radius 3 is 2.71 bits per heavy atom. The molecular formula is C19H32N4O. The third kappa shape index (κ3) is 4.87. The minimum absolute atomic E-state index is 0.431. The lowest BCUT2D eigenvalue weighted by atomic mass is 10.1. The molecule has 1 saturated heterocycles. The van der Waals surface area contributed by atoms with Crippen molar-refractivity contribution in [3.05, 3.63) is 29.8 Å². The van der Waals surface area contributed by atoms with Crippen LogP contribution in [0.1, 0.15) is 33.3 Å². The molecule has 0 aliphatic carbocycles. The monoisotopic (exact) mass is 332 g/mol. The summed E-state index contributed by atoms with van der Waals surface area (Å²) in [4.78, 5) is 6.90. The van der Waals surface area contributed by atoms with Crippen LogP contribution in [-0.2, 0) is 6.54 Å². The molecule has 24 heavy (non-hydrogen) atoms. The minimum atomic E-state index is 0.431. The summed E-state index contributed by atoms with van der Waals surface area (Å²) < 4.78 is 5.69. The Kier molecular flexibility index (Phi) is 6.91. The van der Waals surface area contributed by atoms with Crippen molar-refractivity contribution in [2.45, 2.75) is 46.3 Å². The van der Waals surface area contributed by atoms with Crippen LogP contribution in [0.3, 0.4) is 0 Å². The average molecular weight is 332 g/mol. The van der Waals surface area contributed by atoms with E-state index in [2.05, 4.69) is 47.4 Å². The number of ether oxygens (including phenoxy) is 1. The largest absolute Gasteiger partial charge is 0.494 e. The van der Waals surface area contributed by atoms with E-state index in [1.165, 1.54) is 0 Å². The average Bonchev–Trinajstić information content (AvgIpc) is 2.94. The minimum Gasteiger partial charge on any atom is -0.494 e. The van der Waals surface area contributed by atoms with Gasteiger partial charge in [-0.1, -0.05) is 25.1 Å². The highest BCUT2D eigenvalue weighted by molar-refractivity contribution is 5.80. The van der Waals surface area contributed by atoms with Crippen molar-refractivity contribution >= 4 is 5.96 Å². The number of nitrogens with one attached hydrogen (secondary N) is 2. The molecule has 2 unspecified atom stereocenters. The number of aliphatic imine (C=N–C) groups is 1. The van der Waals surface area contributed by atoms with Crippen molar-refractivity contribution in [1.29, 1.82) is 0 Å². The molecule has 1 aliphatic heterocycles. The fourth-order valence-electron chi connectivity index (χ4n) is 3.11. The number of benzene rings is 1. The topological polar surface area (TPSA) is 48.9 Å². The number of hydrogen-bond donors (Lipinski definition) is 2. The molecule has 0 spiro atoms. The van der Waals surface area contributed by atoms with E-state index in [0.717, 1.165) is 30.4 Å². The van der Waals surface area contributed by atoms with E-state index < -0.39 is 0 Å². The van der Waals surface area contributed by atoms with Crippen LogP contribution in [0.2, 0.25) is 0 Å². The molecule has 0 aromatic heterocycles. The predicted molar refractivity (Wildman–Crippen MR) is 101 cm³/mol. The second-order valence-corrected chi connectivity index (χ2v) is 6.74. The normalized spacial score (nSPS) is 22.0. The predicted octanol–water partition coefficient (Wildman–Crippen LogP) is 2.48. The summed E-state index contributed by atoms with van der Waals surface area (Å²) >= 11 is 0. The quantitative estimate of drug-likeness (QED) is 0.621. The van der Waals surface area contributed by atoms with Gasteiger partial charge in [0, 0.05) is 44.3 Å². The van der Waals surface area contributed by atoms with Gasteiger partial charge >= 0.3 is 0 Å². The molecule has 0 saturated carbocycles. The Bertz CT molecular complexity index is 544. The van der Waals surface area contributed by atoms with Crippen LogP contribution in [0.4, 0.5) is 0 Å². The van der Waals surface area contributed by atoms with E-state index in [9.17, 15) is 0 Å². The zero-order chi connectivity index (χ0) is 17.5. The molecule has 0 bridgehead atoms. The summed E-state index contributed by atoms with van der Waals surface area (Å²) in [5, 5.41) is 6.99. The second-order valence-electron chi connectivity index (χ2n) is 6.74. The number of hydrogen-bond acceptors (Lipinski definition) is 3. The van der Waals surface area contributed by atoms with E-state index >= 15 is 0 Å².